The van der Waals surface area contributed by atoms with Gasteiger partial charge in [-0.25, -0.2) is 13.4 Å². The second-order valence-electron chi connectivity index (χ2n) is 9.67. The van der Waals surface area contributed by atoms with Crippen molar-refractivity contribution in [2.45, 2.75) is 11.3 Å². The van der Waals surface area contributed by atoms with Crippen LogP contribution in [0.3, 0.4) is 0 Å². The molecule has 3 heterocycles. The molecular weight excluding hydrogens is 598 g/mol. The maximum atomic E-state index is 13.2. The van der Waals surface area contributed by atoms with Crippen LogP contribution in [0.2, 0.25) is 0 Å². The molecule has 8 nitrogen and oxygen atoms in total. The topological polar surface area (TPSA) is 85.9 Å². The Labute approximate surface area is 240 Å². The van der Waals surface area contributed by atoms with Crippen LogP contribution in [0.4, 0.5) is 10.8 Å². The minimum absolute atomic E-state index is 0.189. The van der Waals surface area contributed by atoms with Gasteiger partial charge in [0, 0.05) is 55.8 Å². The lowest BCUT2D eigenvalue weighted by Gasteiger charge is -2.34. The third-order valence-electron chi connectivity index (χ3n) is 7.24. The molecule has 202 valence electrons. The number of thiazole rings is 1. The third kappa shape index (κ3) is 5.41. The van der Waals surface area contributed by atoms with Gasteiger partial charge in [-0.2, -0.15) is 0 Å². The molecule has 0 spiro atoms. The number of anilines is 2. The number of hydrogen-bond acceptors (Lipinski definition) is 7. The predicted molar refractivity (Wildman–Crippen MR) is 159 cm³/mol. The van der Waals surface area contributed by atoms with Gasteiger partial charge >= 0.3 is 0 Å². The summed E-state index contributed by atoms with van der Waals surface area (Å²) in [5.41, 5.74) is 3.23. The monoisotopic (exact) mass is 625 g/mol. The summed E-state index contributed by atoms with van der Waals surface area (Å²) in [5.74, 6) is -0.204. The first-order valence-electron chi connectivity index (χ1n) is 12.9. The summed E-state index contributed by atoms with van der Waals surface area (Å²) in [5, 5.41) is 4.02. The molecule has 2 aliphatic heterocycles. The van der Waals surface area contributed by atoms with Crippen molar-refractivity contribution in [2.75, 3.05) is 55.0 Å². The standard InChI is InChI=1S/C28H28BrN5O3S2/c29-22-7-10-24-26(19-22)38-28(31-24)33-17-15-32(16-18-33)14-12-30-27(35)21-5-8-23(9-6-21)39(36,37)34-13-11-20-3-1-2-4-25(20)34/h1-10,19H,11-18H2,(H,30,35). The fourth-order valence-electron chi connectivity index (χ4n) is 5.08. The number of aromatic nitrogens is 1. The number of sulfonamides is 1. The van der Waals surface area contributed by atoms with Crippen LogP contribution >= 0.6 is 27.3 Å². The molecule has 1 fully saturated rings. The Morgan fingerprint density at radius 1 is 0.974 bits per heavy atom. The van der Waals surface area contributed by atoms with Crippen molar-refractivity contribution in [1.82, 2.24) is 15.2 Å². The molecule has 1 saturated heterocycles. The summed E-state index contributed by atoms with van der Waals surface area (Å²) in [6.45, 7) is 5.31. The van der Waals surface area contributed by atoms with E-state index >= 15 is 0 Å². The van der Waals surface area contributed by atoms with E-state index in [1.807, 2.05) is 36.4 Å². The number of benzene rings is 3. The van der Waals surface area contributed by atoms with Crippen molar-refractivity contribution in [1.29, 1.82) is 0 Å². The number of hydrogen-bond donors (Lipinski definition) is 1. The van der Waals surface area contributed by atoms with E-state index < -0.39 is 10.0 Å². The van der Waals surface area contributed by atoms with Gasteiger partial charge in [0.25, 0.3) is 15.9 Å². The van der Waals surface area contributed by atoms with Crippen LogP contribution in [0.25, 0.3) is 10.2 Å². The zero-order chi connectivity index (χ0) is 27.0. The Morgan fingerprint density at radius 3 is 2.54 bits per heavy atom. The van der Waals surface area contributed by atoms with E-state index in [1.54, 1.807) is 23.5 Å². The van der Waals surface area contributed by atoms with Crippen LogP contribution < -0.4 is 14.5 Å². The highest BCUT2D eigenvalue weighted by atomic mass is 79.9. The van der Waals surface area contributed by atoms with Gasteiger partial charge in [0.15, 0.2) is 5.13 Å². The summed E-state index contributed by atoms with van der Waals surface area (Å²) < 4.78 is 30.1. The molecule has 3 aromatic carbocycles. The zero-order valence-corrected chi connectivity index (χ0v) is 24.4. The SMILES string of the molecule is O=C(NCCN1CCN(c2nc3ccc(Br)cc3s2)CC1)c1ccc(S(=O)(=O)N2CCc3ccccc32)cc1. The van der Waals surface area contributed by atoms with E-state index in [1.165, 1.54) is 21.1 Å². The van der Waals surface area contributed by atoms with Gasteiger partial charge < -0.3 is 10.2 Å². The number of fused-ring (bicyclic) bond motifs is 2. The zero-order valence-electron chi connectivity index (χ0n) is 21.2. The van der Waals surface area contributed by atoms with Crippen molar-refractivity contribution in [3.05, 3.63) is 82.3 Å². The van der Waals surface area contributed by atoms with E-state index in [4.69, 9.17) is 4.98 Å². The molecule has 2 aliphatic rings. The first-order valence-corrected chi connectivity index (χ1v) is 16.0. The molecule has 11 heteroatoms. The number of amides is 1. The fourth-order valence-corrected chi connectivity index (χ4v) is 8.15. The molecule has 39 heavy (non-hydrogen) atoms. The average Bonchev–Trinajstić information content (AvgIpc) is 3.58. The lowest BCUT2D eigenvalue weighted by molar-refractivity contribution is 0.0947. The predicted octanol–water partition coefficient (Wildman–Crippen LogP) is 4.36. The smallest absolute Gasteiger partial charge is 0.264 e. The molecule has 4 aromatic rings. The summed E-state index contributed by atoms with van der Waals surface area (Å²) >= 11 is 5.24. The largest absolute Gasteiger partial charge is 0.351 e. The van der Waals surface area contributed by atoms with Crippen molar-refractivity contribution >= 4 is 64.2 Å². The van der Waals surface area contributed by atoms with Crippen LogP contribution in [0.15, 0.2) is 76.1 Å². The molecule has 0 unspecified atom stereocenters. The van der Waals surface area contributed by atoms with Gasteiger partial charge in [0.1, 0.15) is 0 Å². The maximum Gasteiger partial charge on any atom is 0.264 e. The second-order valence-corrected chi connectivity index (χ2v) is 13.5. The van der Waals surface area contributed by atoms with Gasteiger partial charge in [-0.05, 0) is 60.5 Å². The van der Waals surface area contributed by atoms with Gasteiger partial charge in [-0.1, -0.05) is 45.5 Å². The molecular formula is C28H28BrN5O3S2. The number of nitrogens with zero attached hydrogens (tertiary/aromatic N) is 4. The molecule has 0 atom stereocenters. The molecule has 1 aromatic heterocycles. The Morgan fingerprint density at radius 2 is 1.74 bits per heavy atom. The van der Waals surface area contributed by atoms with Crippen molar-refractivity contribution in [3.63, 3.8) is 0 Å². The minimum Gasteiger partial charge on any atom is -0.351 e. The van der Waals surface area contributed by atoms with Crippen molar-refractivity contribution in [2.24, 2.45) is 0 Å². The minimum atomic E-state index is -3.68. The third-order valence-corrected chi connectivity index (χ3v) is 10.6. The lowest BCUT2D eigenvalue weighted by atomic mass is 10.2. The number of piperazine rings is 1. The number of carbonyl (C=O) groups excluding carboxylic acids is 1. The van der Waals surface area contributed by atoms with Gasteiger partial charge in [0.2, 0.25) is 0 Å². The molecule has 6 rings (SSSR count). The van der Waals surface area contributed by atoms with Gasteiger partial charge in [0.05, 0.1) is 20.8 Å². The van der Waals surface area contributed by atoms with E-state index in [-0.39, 0.29) is 10.8 Å². The molecule has 0 saturated carbocycles. The van der Waals surface area contributed by atoms with Crippen LogP contribution in [0.1, 0.15) is 15.9 Å². The maximum absolute atomic E-state index is 13.2. The molecule has 0 aliphatic carbocycles. The Hall–Kier alpha value is -2.99. The average molecular weight is 627 g/mol. The molecule has 1 amide bonds. The second kappa shape index (κ2) is 10.9. The summed E-state index contributed by atoms with van der Waals surface area (Å²) in [7, 11) is -3.68. The Bertz CT molecular complexity index is 1620. The van der Waals surface area contributed by atoms with E-state index in [0.717, 1.165) is 59.1 Å². The first-order chi connectivity index (χ1) is 18.9. The van der Waals surface area contributed by atoms with Gasteiger partial charge in [-0.3, -0.25) is 14.0 Å². The van der Waals surface area contributed by atoms with Crippen LogP contribution in [0.5, 0.6) is 0 Å². The lowest BCUT2D eigenvalue weighted by Crippen LogP contribution is -2.48. The number of para-hydroxylation sites is 1. The fraction of sp³-hybridized carbons (Fsp3) is 0.286. The summed E-state index contributed by atoms with van der Waals surface area (Å²) in [4.78, 5) is 22.3. The Kier molecular flexibility index (Phi) is 7.32. The van der Waals surface area contributed by atoms with E-state index in [9.17, 15) is 13.2 Å². The van der Waals surface area contributed by atoms with E-state index in [0.29, 0.717) is 25.1 Å². The van der Waals surface area contributed by atoms with Crippen LogP contribution in [-0.2, 0) is 16.4 Å². The van der Waals surface area contributed by atoms with Crippen molar-refractivity contribution < 1.29 is 13.2 Å². The first kappa shape index (κ1) is 26.2. The number of halogens is 1. The highest BCUT2D eigenvalue weighted by molar-refractivity contribution is 9.10. The molecule has 0 radical (unpaired) electrons. The van der Waals surface area contributed by atoms with E-state index in [2.05, 4.69) is 37.1 Å². The Balaban J connectivity index is 0.991. The highest BCUT2D eigenvalue weighted by Crippen LogP contribution is 2.33. The van der Waals surface area contributed by atoms with Crippen LogP contribution in [-0.4, -0.2) is 70.0 Å². The number of carbonyl (C=O) groups is 1. The normalized spacial score (nSPS) is 16.0. The molecule has 1 N–H and O–H groups in total. The quantitative estimate of drug-likeness (QED) is 0.328. The summed E-state index contributed by atoms with van der Waals surface area (Å²) in [6, 6.07) is 19.9. The highest BCUT2D eigenvalue weighted by Gasteiger charge is 2.30. The summed E-state index contributed by atoms with van der Waals surface area (Å²) in [6.07, 6.45) is 0.699. The number of nitrogens with one attached hydrogen (secondary N) is 1. The van der Waals surface area contributed by atoms with Gasteiger partial charge in [-0.15, -0.1) is 0 Å². The van der Waals surface area contributed by atoms with Crippen LogP contribution in [0, 0.1) is 0 Å². The molecule has 0 bridgehead atoms. The number of rotatable bonds is 7. The van der Waals surface area contributed by atoms with Crippen molar-refractivity contribution in [3.8, 4) is 0 Å².